The summed E-state index contributed by atoms with van der Waals surface area (Å²) < 4.78 is 63.7. The van der Waals surface area contributed by atoms with E-state index in [4.69, 9.17) is 0 Å². The Bertz CT molecular complexity index is 777. The van der Waals surface area contributed by atoms with Crippen molar-refractivity contribution in [3.05, 3.63) is 29.8 Å². The summed E-state index contributed by atoms with van der Waals surface area (Å²) in [4.78, 5) is 23.6. The minimum atomic E-state index is -4.61. The second-order valence-corrected chi connectivity index (χ2v) is 7.35. The van der Waals surface area contributed by atoms with Gasteiger partial charge >= 0.3 is 12.1 Å². The zero-order valence-electron chi connectivity index (χ0n) is 13.0. The molecule has 1 aliphatic rings. The molecule has 0 saturated carbocycles. The highest BCUT2D eigenvalue weighted by Crippen LogP contribution is 2.30. The molecule has 1 aromatic carbocycles. The molecule has 1 fully saturated rings. The number of alkyl halides is 3. The Morgan fingerprint density at radius 2 is 1.72 bits per heavy atom. The smallest absolute Gasteiger partial charge is 0.416 e. The highest BCUT2D eigenvalue weighted by molar-refractivity contribution is 7.89. The van der Waals surface area contributed by atoms with E-state index in [1.165, 1.54) is 11.8 Å². The standard InChI is InChI=1S/C14H15F3N2O5S/c1-9(20)18-6-7-19(12(8-18)13(21)22)25(23,24)11-4-2-10(3-5-11)14(15,16)17/h2-5,12H,6-8H2,1H3,(H,21,22). The van der Waals surface area contributed by atoms with Crippen LogP contribution in [0, 0.1) is 0 Å². The number of benzene rings is 1. The number of carboxylic acids is 1. The fourth-order valence-electron chi connectivity index (χ4n) is 2.49. The molecule has 0 radical (unpaired) electrons. The van der Waals surface area contributed by atoms with Gasteiger partial charge < -0.3 is 10.0 Å². The summed E-state index contributed by atoms with van der Waals surface area (Å²) >= 11 is 0. The van der Waals surface area contributed by atoms with Gasteiger partial charge in [-0.25, -0.2) is 8.42 Å². The molecule has 0 aromatic heterocycles. The predicted molar refractivity (Wildman–Crippen MR) is 79.0 cm³/mol. The van der Waals surface area contributed by atoms with E-state index in [1.807, 2.05) is 0 Å². The van der Waals surface area contributed by atoms with E-state index in [-0.39, 0.29) is 19.6 Å². The number of aliphatic carboxylic acids is 1. The summed E-state index contributed by atoms with van der Waals surface area (Å²) in [6.07, 6.45) is -4.61. The van der Waals surface area contributed by atoms with Gasteiger partial charge in [0.15, 0.2) is 0 Å². The Labute approximate surface area is 141 Å². The first kappa shape index (κ1) is 19.2. The fourth-order valence-corrected chi connectivity index (χ4v) is 4.06. The van der Waals surface area contributed by atoms with Crippen LogP contribution in [-0.2, 0) is 25.8 Å². The van der Waals surface area contributed by atoms with Gasteiger partial charge in [-0.05, 0) is 24.3 Å². The third kappa shape index (κ3) is 3.93. The number of piperazine rings is 1. The van der Waals surface area contributed by atoms with Crippen LogP contribution in [-0.4, -0.2) is 60.3 Å². The van der Waals surface area contributed by atoms with Crippen LogP contribution in [0.3, 0.4) is 0 Å². The molecule has 25 heavy (non-hydrogen) atoms. The van der Waals surface area contributed by atoms with E-state index in [0.717, 1.165) is 12.1 Å². The Kier molecular flexibility index (Phi) is 5.09. The molecule has 1 unspecified atom stereocenters. The number of sulfonamides is 1. The molecule has 0 aliphatic carbocycles. The van der Waals surface area contributed by atoms with Gasteiger partial charge in [0.1, 0.15) is 6.04 Å². The molecule has 1 aliphatic heterocycles. The van der Waals surface area contributed by atoms with Crippen molar-refractivity contribution < 1.29 is 36.3 Å². The number of rotatable bonds is 3. The number of halogens is 3. The number of hydrogen-bond acceptors (Lipinski definition) is 4. The molecule has 138 valence electrons. The van der Waals surface area contributed by atoms with Crippen LogP contribution in [0.4, 0.5) is 13.2 Å². The van der Waals surface area contributed by atoms with Crippen molar-refractivity contribution >= 4 is 21.9 Å². The maximum Gasteiger partial charge on any atom is 0.416 e. The highest BCUT2D eigenvalue weighted by Gasteiger charge is 2.41. The Morgan fingerprint density at radius 1 is 1.16 bits per heavy atom. The van der Waals surface area contributed by atoms with Gasteiger partial charge in [0, 0.05) is 26.6 Å². The average Bonchev–Trinajstić information content (AvgIpc) is 2.53. The Morgan fingerprint density at radius 3 is 2.16 bits per heavy atom. The zero-order valence-corrected chi connectivity index (χ0v) is 13.8. The minimum Gasteiger partial charge on any atom is -0.480 e. The van der Waals surface area contributed by atoms with E-state index in [9.17, 15) is 36.3 Å². The summed E-state index contributed by atoms with van der Waals surface area (Å²) in [6.45, 7) is 0.641. The Balaban J connectivity index is 2.34. The monoisotopic (exact) mass is 380 g/mol. The van der Waals surface area contributed by atoms with Gasteiger partial charge in [-0.1, -0.05) is 0 Å². The lowest BCUT2D eigenvalue weighted by Crippen LogP contribution is -2.58. The van der Waals surface area contributed by atoms with Gasteiger partial charge in [0.05, 0.1) is 10.5 Å². The van der Waals surface area contributed by atoms with E-state index < -0.39 is 44.6 Å². The summed E-state index contributed by atoms with van der Waals surface area (Å²) in [5.74, 6) is -1.83. The van der Waals surface area contributed by atoms with Crippen molar-refractivity contribution in [2.45, 2.75) is 24.0 Å². The van der Waals surface area contributed by atoms with Crippen LogP contribution in [0.25, 0.3) is 0 Å². The second kappa shape index (κ2) is 6.64. The van der Waals surface area contributed by atoms with Crippen LogP contribution in [0.1, 0.15) is 12.5 Å². The lowest BCUT2D eigenvalue weighted by Gasteiger charge is -2.38. The number of nitrogens with zero attached hydrogens (tertiary/aromatic N) is 2. The molecule has 1 heterocycles. The molecule has 0 bridgehead atoms. The zero-order chi connectivity index (χ0) is 19.0. The van der Waals surface area contributed by atoms with E-state index >= 15 is 0 Å². The number of carbonyl (C=O) groups is 2. The summed E-state index contributed by atoms with van der Waals surface area (Å²) in [6, 6.07) is 1.30. The van der Waals surface area contributed by atoms with Crippen LogP contribution < -0.4 is 0 Å². The lowest BCUT2D eigenvalue weighted by atomic mass is 10.2. The lowest BCUT2D eigenvalue weighted by molar-refractivity contribution is -0.145. The molecular formula is C14H15F3N2O5S. The molecule has 1 saturated heterocycles. The summed E-state index contributed by atoms with van der Waals surface area (Å²) in [7, 11) is -4.32. The van der Waals surface area contributed by atoms with E-state index in [1.54, 1.807) is 0 Å². The first-order chi connectivity index (χ1) is 11.4. The van der Waals surface area contributed by atoms with Crippen molar-refractivity contribution in [1.29, 1.82) is 0 Å². The number of carbonyl (C=O) groups excluding carboxylic acids is 1. The minimum absolute atomic E-state index is 0.00101. The van der Waals surface area contributed by atoms with E-state index in [0.29, 0.717) is 16.4 Å². The number of amides is 1. The first-order valence-electron chi connectivity index (χ1n) is 7.12. The van der Waals surface area contributed by atoms with Gasteiger partial charge in [-0.3, -0.25) is 9.59 Å². The van der Waals surface area contributed by atoms with Crippen molar-refractivity contribution in [3.8, 4) is 0 Å². The average molecular weight is 380 g/mol. The van der Waals surface area contributed by atoms with Crippen molar-refractivity contribution in [2.75, 3.05) is 19.6 Å². The van der Waals surface area contributed by atoms with Crippen LogP contribution >= 0.6 is 0 Å². The van der Waals surface area contributed by atoms with Crippen molar-refractivity contribution in [3.63, 3.8) is 0 Å². The molecule has 1 atom stereocenters. The number of hydrogen-bond donors (Lipinski definition) is 1. The third-order valence-corrected chi connectivity index (χ3v) is 5.77. The maximum atomic E-state index is 12.6. The van der Waals surface area contributed by atoms with Crippen molar-refractivity contribution in [1.82, 2.24) is 9.21 Å². The molecule has 11 heteroatoms. The van der Waals surface area contributed by atoms with Crippen molar-refractivity contribution in [2.24, 2.45) is 0 Å². The molecular weight excluding hydrogens is 365 g/mol. The fraction of sp³-hybridized carbons (Fsp3) is 0.429. The highest BCUT2D eigenvalue weighted by atomic mass is 32.2. The molecule has 1 aromatic rings. The SMILES string of the molecule is CC(=O)N1CCN(S(=O)(=O)c2ccc(C(F)(F)F)cc2)C(C(=O)O)C1. The van der Waals surface area contributed by atoms with Gasteiger partial charge in [0.25, 0.3) is 0 Å². The summed E-state index contributed by atoms with van der Waals surface area (Å²) in [5.41, 5.74) is -1.01. The third-order valence-electron chi connectivity index (χ3n) is 3.85. The largest absolute Gasteiger partial charge is 0.480 e. The molecule has 2 rings (SSSR count). The summed E-state index contributed by atoms with van der Waals surface area (Å²) in [5, 5.41) is 9.28. The van der Waals surface area contributed by atoms with Crippen LogP contribution in [0.5, 0.6) is 0 Å². The topological polar surface area (TPSA) is 95.0 Å². The molecule has 0 spiro atoms. The van der Waals surface area contributed by atoms with E-state index in [2.05, 4.69) is 0 Å². The molecule has 1 N–H and O–H groups in total. The molecule has 7 nitrogen and oxygen atoms in total. The van der Waals surface area contributed by atoms with Gasteiger partial charge in [-0.2, -0.15) is 17.5 Å². The van der Waals surface area contributed by atoms with Gasteiger partial charge in [-0.15, -0.1) is 0 Å². The van der Waals surface area contributed by atoms with Gasteiger partial charge in [0.2, 0.25) is 15.9 Å². The molecule has 1 amide bonds. The quantitative estimate of drug-likeness (QED) is 0.845. The normalized spacial score (nSPS) is 19.7. The van der Waals surface area contributed by atoms with Crippen LogP contribution in [0.2, 0.25) is 0 Å². The number of carboxylic acid groups (broad SMARTS) is 1. The first-order valence-corrected chi connectivity index (χ1v) is 8.56. The van der Waals surface area contributed by atoms with Crippen LogP contribution in [0.15, 0.2) is 29.2 Å². The second-order valence-electron chi connectivity index (χ2n) is 5.46. The Hall–Kier alpha value is -2.14. The maximum absolute atomic E-state index is 12.6. The predicted octanol–water partition coefficient (Wildman–Crippen LogP) is 1.01.